The molecule has 0 unspecified atom stereocenters. The molecule has 0 nitrogen and oxygen atoms in total. The fraction of sp³-hybridized carbons (Fsp3) is 0.571. The lowest BCUT2D eigenvalue weighted by Crippen LogP contribution is -2.28. The summed E-state index contributed by atoms with van der Waals surface area (Å²) in [7, 11) is 0. The standard InChI is InChI=1S/C14H16Br2/c15-13(7-1-8-13)11-3-5-12(6-4-11)14(16)9-2-10-14/h3-6H,1-2,7-10H2. The van der Waals surface area contributed by atoms with E-state index in [1.807, 2.05) is 0 Å². The van der Waals surface area contributed by atoms with Crippen molar-refractivity contribution in [3.8, 4) is 0 Å². The molecular formula is C14H16Br2. The maximum absolute atomic E-state index is 3.87. The van der Waals surface area contributed by atoms with E-state index in [1.54, 1.807) is 0 Å². The zero-order chi connectivity index (χ0) is 11.2. The topological polar surface area (TPSA) is 0 Å². The molecule has 0 atom stereocenters. The number of halogens is 2. The zero-order valence-electron chi connectivity index (χ0n) is 9.31. The molecule has 0 heterocycles. The zero-order valence-corrected chi connectivity index (χ0v) is 12.5. The van der Waals surface area contributed by atoms with E-state index in [2.05, 4.69) is 56.1 Å². The third kappa shape index (κ3) is 1.69. The second-order valence-electron chi connectivity index (χ2n) is 5.22. The molecule has 3 rings (SSSR count). The summed E-state index contributed by atoms with van der Waals surface area (Å²) in [5.74, 6) is 0. The van der Waals surface area contributed by atoms with E-state index < -0.39 is 0 Å². The van der Waals surface area contributed by atoms with Gasteiger partial charge in [0, 0.05) is 0 Å². The molecule has 0 amide bonds. The Morgan fingerprint density at radius 2 is 1.00 bits per heavy atom. The van der Waals surface area contributed by atoms with Crippen molar-refractivity contribution < 1.29 is 0 Å². The van der Waals surface area contributed by atoms with Gasteiger partial charge in [-0.05, 0) is 49.7 Å². The average Bonchev–Trinajstić information content (AvgIpc) is 2.23. The Bertz CT molecular complexity index is 347. The minimum absolute atomic E-state index is 0.296. The van der Waals surface area contributed by atoms with E-state index in [0.717, 1.165) is 0 Å². The van der Waals surface area contributed by atoms with Gasteiger partial charge in [-0.25, -0.2) is 0 Å². The Kier molecular flexibility index (Phi) is 2.71. The molecular weight excluding hydrogens is 328 g/mol. The summed E-state index contributed by atoms with van der Waals surface area (Å²) in [6.45, 7) is 0. The lowest BCUT2D eigenvalue weighted by Gasteiger charge is -2.39. The van der Waals surface area contributed by atoms with Gasteiger partial charge in [0.2, 0.25) is 0 Å². The maximum atomic E-state index is 3.87. The molecule has 2 aliphatic carbocycles. The van der Waals surface area contributed by atoms with Crippen molar-refractivity contribution >= 4 is 31.9 Å². The van der Waals surface area contributed by atoms with Crippen molar-refractivity contribution in [2.45, 2.75) is 47.2 Å². The predicted octanol–water partition coefficient (Wildman–Crippen LogP) is 5.23. The van der Waals surface area contributed by atoms with Crippen LogP contribution in [0.1, 0.15) is 49.7 Å². The molecule has 1 aromatic rings. The highest BCUT2D eigenvalue weighted by Gasteiger charge is 2.38. The van der Waals surface area contributed by atoms with Crippen molar-refractivity contribution in [1.29, 1.82) is 0 Å². The minimum atomic E-state index is 0.296. The normalized spacial score (nSPS) is 25.6. The molecule has 2 saturated carbocycles. The highest BCUT2D eigenvalue weighted by molar-refractivity contribution is 9.10. The SMILES string of the molecule is BrC1(c2ccc(C3(Br)CCC3)cc2)CCC1. The molecule has 2 fully saturated rings. The molecule has 0 aliphatic heterocycles. The Hall–Kier alpha value is 0.180. The molecule has 0 aromatic heterocycles. The van der Waals surface area contributed by atoms with Crippen LogP contribution in [0, 0.1) is 0 Å². The van der Waals surface area contributed by atoms with E-state index >= 15 is 0 Å². The van der Waals surface area contributed by atoms with Gasteiger partial charge in [-0.15, -0.1) is 0 Å². The van der Waals surface area contributed by atoms with Gasteiger partial charge < -0.3 is 0 Å². The second kappa shape index (κ2) is 3.84. The molecule has 2 heteroatoms. The largest absolute Gasteiger partial charge is 0.0801 e. The van der Waals surface area contributed by atoms with Crippen LogP contribution in [-0.4, -0.2) is 0 Å². The smallest absolute Gasteiger partial charge is 0.0506 e. The lowest BCUT2D eigenvalue weighted by atomic mass is 9.76. The molecule has 0 spiro atoms. The monoisotopic (exact) mass is 342 g/mol. The van der Waals surface area contributed by atoms with Gasteiger partial charge in [0.05, 0.1) is 8.65 Å². The van der Waals surface area contributed by atoms with E-state index in [4.69, 9.17) is 0 Å². The van der Waals surface area contributed by atoms with E-state index in [-0.39, 0.29) is 0 Å². The lowest BCUT2D eigenvalue weighted by molar-refractivity contribution is 0.377. The van der Waals surface area contributed by atoms with E-state index in [1.165, 1.54) is 49.7 Å². The van der Waals surface area contributed by atoms with Crippen LogP contribution in [0.4, 0.5) is 0 Å². The summed E-state index contributed by atoms with van der Waals surface area (Å²) in [5, 5.41) is 0. The molecule has 0 saturated heterocycles. The van der Waals surface area contributed by atoms with Crippen LogP contribution < -0.4 is 0 Å². The van der Waals surface area contributed by atoms with Gasteiger partial charge in [-0.1, -0.05) is 56.1 Å². The van der Waals surface area contributed by atoms with Crippen LogP contribution in [0.3, 0.4) is 0 Å². The van der Waals surface area contributed by atoms with E-state index in [0.29, 0.717) is 8.65 Å². The first-order chi connectivity index (χ1) is 7.62. The Balaban J connectivity index is 1.85. The first kappa shape index (κ1) is 11.3. The van der Waals surface area contributed by atoms with Gasteiger partial charge in [0.25, 0.3) is 0 Å². The van der Waals surface area contributed by atoms with Gasteiger partial charge in [-0.3, -0.25) is 0 Å². The number of hydrogen-bond acceptors (Lipinski definition) is 0. The molecule has 16 heavy (non-hydrogen) atoms. The Labute approximate surface area is 114 Å². The van der Waals surface area contributed by atoms with Gasteiger partial charge in [0.15, 0.2) is 0 Å². The molecule has 1 aromatic carbocycles. The summed E-state index contributed by atoms with van der Waals surface area (Å²) in [4.78, 5) is 0. The third-order valence-corrected chi connectivity index (χ3v) is 6.71. The number of rotatable bonds is 2. The Morgan fingerprint density at radius 1 is 0.688 bits per heavy atom. The quantitative estimate of drug-likeness (QED) is 0.644. The van der Waals surface area contributed by atoms with Crippen LogP contribution in [0.25, 0.3) is 0 Å². The van der Waals surface area contributed by atoms with Crippen LogP contribution in [0.15, 0.2) is 24.3 Å². The maximum Gasteiger partial charge on any atom is 0.0506 e. The highest BCUT2D eigenvalue weighted by atomic mass is 79.9. The molecule has 0 N–H and O–H groups in total. The van der Waals surface area contributed by atoms with Gasteiger partial charge in [-0.2, -0.15) is 0 Å². The second-order valence-corrected chi connectivity index (χ2v) is 8.25. The van der Waals surface area contributed by atoms with Crippen molar-refractivity contribution in [1.82, 2.24) is 0 Å². The molecule has 2 aliphatic rings. The van der Waals surface area contributed by atoms with Gasteiger partial charge in [0.1, 0.15) is 0 Å². The number of benzene rings is 1. The predicted molar refractivity (Wildman–Crippen MR) is 75.4 cm³/mol. The first-order valence-corrected chi connectivity index (χ1v) is 7.70. The molecule has 86 valence electrons. The van der Waals surface area contributed by atoms with Gasteiger partial charge >= 0.3 is 0 Å². The summed E-state index contributed by atoms with van der Waals surface area (Å²) < 4.78 is 0.592. The number of alkyl halides is 2. The van der Waals surface area contributed by atoms with Crippen molar-refractivity contribution in [2.75, 3.05) is 0 Å². The first-order valence-electron chi connectivity index (χ1n) is 6.11. The fourth-order valence-corrected chi connectivity index (χ4v) is 4.27. The van der Waals surface area contributed by atoms with Crippen molar-refractivity contribution in [3.05, 3.63) is 35.4 Å². The molecule has 0 bridgehead atoms. The summed E-state index contributed by atoms with van der Waals surface area (Å²) in [6.07, 6.45) is 7.85. The third-order valence-electron chi connectivity index (χ3n) is 4.21. The fourth-order valence-electron chi connectivity index (χ4n) is 2.62. The van der Waals surface area contributed by atoms with Crippen LogP contribution >= 0.6 is 31.9 Å². The van der Waals surface area contributed by atoms with Crippen LogP contribution in [0.2, 0.25) is 0 Å². The van der Waals surface area contributed by atoms with Crippen LogP contribution in [-0.2, 0) is 8.65 Å². The number of hydrogen-bond donors (Lipinski definition) is 0. The highest BCUT2D eigenvalue weighted by Crippen LogP contribution is 2.51. The minimum Gasteiger partial charge on any atom is -0.0801 e. The average molecular weight is 344 g/mol. The summed E-state index contributed by atoms with van der Waals surface area (Å²) in [5.41, 5.74) is 2.91. The molecule has 0 radical (unpaired) electrons. The Morgan fingerprint density at radius 3 is 1.19 bits per heavy atom. The van der Waals surface area contributed by atoms with Crippen molar-refractivity contribution in [3.63, 3.8) is 0 Å². The summed E-state index contributed by atoms with van der Waals surface area (Å²) >= 11 is 7.74. The van der Waals surface area contributed by atoms with Crippen LogP contribution in [0.5, 0.6) is 0 Å². The summed E-state index contributed by atoms with van der Waals surface area (Å²) in [6, 6.07) is 9.24. The van der Waals surface area contributed by atoms with Crippen molar-refractivity contribution in [2.24, 2.45) is 0 Å². The van der Waals surface area contributed by atoms with E-state index in [9.17, 15) is 0 Å².